The smallest absolute Gasteiger partial charge is 0.336 e. The Labute approximate surface area is 111 Å². The Balaban J connectivity index is 1.99. The molecular weight excluding hydrogens is 244 g/mol. The van der Waals surface area contributed by atoms with Gasteiger partial charge in [0.25, 0.3) is 0 Å². The van der Waals surface area contributed by atoms with E-state index in [1.54, 1.807) is 18.2 Å². The number of benzene rings is 1. The van der Waals surface area contributed by atoms with E-state index < -0.39 is 5.97 Å². The first-order valence-corrected chi connectivity index (χ1v) is 6.33. The van der Waals surface area contributed by atoms with Crippen molar-refractivity contribution in [3.8, 4) is 0 Å². The van der Waals surface area contributed by atoms with E-state index in [1.807, 2.05) is 0 Å². The lowest BCUT2D eigenvalue weighted by Gasteiger charge is -2.06. The fraction of sp³-hybridized carbons (Fsp3) is 0.357. The molecule has 1 aliphatic rings. The van der Waals surface area contributed by atoms with Gasteiger partial charge in [0, 0.05) is 11.5 Å². The predicted octanol–water partition coefficient (Wildman–Crippen LogP) is 2.03. The van der Waals surface area contributed by atoms with Gasteiger partial charge in [0.05, 0.1) is 11.8 Å². The molecule has 2 rings (SSSR count). The van der Waals surface area contributed by atoms with Crippen LogP contribution in [0.3, 0.4) is 0 Å². The number of aromatic carboxylic acids is 1. The summed E-state index contributed by atoms with van der Waals surface area (Å²) in [6.45, 7) is 0. The molecule has 0 heterocycles. The molecule has 1 amide bonds. The number of nitrogens with one attached hydrogen (secondary N) is 1. The van der Waals surface area contributed by atoms with Gasteiger partial charge in [-0.3, -0.25) is 4.79 Å². The van der Waals surface area contributed by atoms with E-state index in [1.165, 1.54) is 12.3 Å². The van der Waals surface area contributed by atoms with E-state index in [-0.39, 0.29) is 17.4 Å². The molecular formula is C14H16N2O3. The molecule has 1 aliphatic carbocycles. The largest absolute Gasteiger partial charge is 0.478 e. The summed E-state index contributed by atoms with van der Waals surface area (Å²) in [6, 6.07) is 6.53. The number of carbonyl (C=O) groups is 2. The topological polar surface area (TPSA) is 78.8 Å². The predicted molar refractivity (Wildman–Crippen MR) is 71.1 cm³/mol. The molecule has 0 bridgehead atoms. The highest BCUT2D eigenvalue weighted by atomic mass is 16.4. The van der Waals surface area contributed by atoms with Crippen molar-refractivity contribution in [1.29, 1.82) is 0 Å². The summed E-state index contributed by atoms with van der Waals surface area (Å²) in [5, 5.41) is 12.8. The van der Waals surface area contributed by atoms with Gasteiger partial charge in [0.2, 0.25) is 5.91 Å². The minimum absolute atomic E-state index is 0.0480. The van der Waals surface area contributed by atoms with E-state index in [9.17, 15) is 9.59 Å². The maximum atomic E-state index is 11.7. The quantitative estimate of drug-likeness (QED) is 0.642. The second kappa shape index (κ2) is 6.13. The average molecular weight is 260 g/mol. The summed E-state index contributed by atoms with van der Waals surface area (Å²) in [5.74, 6) is -1.04. The Morgan fingerprint density at radius 2 is 1.95 bits per heavy atom. The van der Waals surface area contributed by atoms with Crippen molar-refractivity contribution in [2.75, 3.05) is 0 Å². The van der Waals surface area contributed by atoms with E-state index in [2.05, 4.69) is 10.5 Å². The summed E-state index contributed by atoms with van der Waals surface area (Å²) in [6.07, 6.45) is 5.36. The van der Waals surface area contributed by atoms with Gasteiger partial charge in [0.15, 0.2) is 0 Å². The van der Waals surface area contributed by atoms with Crippen LogP contribution < -0.4 is 5.43 Å². The molecule has 0 saturated heterocycles. The zero-order valence-corrected chi connectivity index (χ0v) is 10.5. The number of nitrogens with zero attached hydrogens (tertiary/aromatic N) is 1. The van der Waals surface area contributed by atoms with Crippen LogP contribution in [0.5, 0.6) is 0 Å². The van der Waals surface area contributed by atoms with Crippen LogP contribution in [0, 0.1) is 5.92 Å². The molecule has 0 spiro atoms. The molecule has 19 heavy (non-hydrogen) atoms. The number of carboxylic acid groups (broad SMARTS) is 1. The molecule has 1 saturated carbocycles. The molecule has 1 aromatic carbocycles. The normalized spacial score (nSPS) is 15.8. The SMILES string of the molecule is O=C(O)c1ccccc1/C=N\NC(=O)C1CCCC1. The van der Waals surface area contributed by atoms with Crippen molar-refractivity contribution in [3.05, 3.63) is 35.4 Å². The lowest BCUT2D eigenvalue weighted by molar-refractivity contribution is -0.124. The maximum Gasteiger partial charge on any atom is 0.336 e. The first-order chi connectivity index (χ1) is 9.18. The lowest BCUT2D eigenvalue weighted by atomic mass is 10.1. The lowest BCUT2D eigenvalue weighted by Crippen LogP contribution is -2.24. The van der Waals surface area contributed by atoms with Crippen LogP contribution in [0.2, 0.25) is 0 Å². The molecule has 1 aromatic rings. The fourth-order valence-electron chi connectivity index (χ4n) is 2.25. The van der Waals surface area contributed by atoms with Gasteiger partial charge in [-0.2, -0.15) is 5.10 Å². The van der Waals surface area contributed by atoms with Gasteiger partial charge >= 0.3 is 5.97 Å². The van der Waals surface area contributed by atoms with E-state index in [4.69, 9.17) is 5.11 Å². The second-order valence-electron chi connectivity index (χ2n) is 4.61. The van der Waals surface area contributed by atoms with Gasteiger partial charge in [-0.15, -0.1) is 0 Å². The zero-order chi connectivity index (χ0) is 13.7. The van der Waals surface area contributed by atoms with Crippen LogP contribution in [-0.4, -0.2) is 23.2 Å². The number of hydrogen-bond donors (Lipinski definition) is 2. The van der Waals surface area contributed by atoms with Crippen molar-refractivity contribution < 1.29 is 14.7 Å². The Hall–Kier alpha value is -2.17. The standard InChI is InChI=1S/C14H16N2O3/c17-13(10-5-1-2-6-10)16-15-9-11-7-3-4-8-12(11)14(18)19/h3-4,7-10H,1-2,5-6H2,(H,16,17)(H,18,19)/b15-9-. The number of hydrazone groups is 1. The van der Waals surface area contributed by atoms with Gasteiger partial charge in [0.1, 0.15) is 0 Å². The highest BCUT2D eigenvalue weighted by molar-refractivity contribution is 5.98. The number of hydrogen-bond acceptors (Lipinski definition) is 3. The Morgan fingerprint density at radius 3 is 2.63 bits per heavy atom. The molecule has 2 N–H and O–H groups in total. The number of carbonyl (C=O) groups excluding carboxylic acids is 1. The van der Waals surface area contributed by atoms with Gasteiger partial charge < -0.3 is 5.11 Å². The summed E-state index contributed by atoms with van der Waals surface area (Å²) in [5.41, 5.74) is 3.12. The Bertz CT molecular complexity index is 505. The van der Waals surface area contributed by atoms with Crippen LogP contribution >= 0.6 is 0 Å². The van der Waals surface area contributed by atoms with Crippen LogP contribution in [-0.2, 0) is 4.79 Å². The van der Waals surface area contributed by atoms with Crippen LogP contribution in [0.4, 0.5) is 0 Å². The highest BCUT2D eigenvalue weighted by Crippen LogP contribution is 2.24. The van der Waals surface area contributed by atoms with E-state index >= 15 is 0 Å². The summed E-state index contributed by atoms with van der Waals surface area (Å²) >= 11 is 0. The molecule has 5 nitrogen and oxygen atoms in total. The minimum atomic E-state index is -1.01. The molecule has 5 heteroatoms. The van der Waals surface area contributed by atoms with Crippen molar-refractivity contribution >= 4 is 18.1 Å². The van der Waals surface area contributed by atoms with Crippen molar-refractivity contribution in [3.63, 3.8) is 0 Å². The second-order valence-corrected chi connectivity index (χ2v) is 4.61. The molecule has 0 aromatic heterocycles. The highest BCUT2D eigenvalue weighted by Gasteiger charge is 2.22. The first-order valence-electron chi connectivity index (χ1n) is 6.33. The van der Waals surface area contributed by atoms with Crippen LogP contribution in [0.1, 0.15) is 41.6 Å². The fourth-order valence-corrected chi connectivity index (χ4v) is 2.25. The molecule has 0 atom stereocenters. The van der Waals surface area contributed by atoms with Crippen molar-refractivity contribution in [2.45, 2.75) is 25.7 Å². The number of amides is 1. The summed E-state index contributed by atoms with van der Waals surface area (Å²) in [4.78, 5) is 22.7. The molecule has 1 fully saturated rings. The minimum Gasteiger partial charge on any atom is -0.478 e. The molecule has 0 unspecified atom stereocenters. The first kappa shape index (κ1) is 13.3. The van der Waals surface area contributed by atoms with Crippen molar-refractivity contribution in [2.24, 2.45) is 11.0 Å². The average Bonchev–Trinajstić information content (AvgIpc) is 2.93. The van der Waals surface area contributed by atoms with Crippen LogP contribution in [0.25, 0.3) is 0 Å². The summed E-state index contributed by atoms with van der Waals surface area (Å²) < 4.78 is 0. The number of carboxylic acids is 1. The molecule has 100 valence electrons. The third kappa shape index (κ3) is 3.40. The monoisotopic (exact) mass is 260 g/mol. The van der Waals surface area contributed by atoms with Crippen LogP contribution in [0.15, 0.2) is 29.4 Å². The zero-order valence-electron chi connectivity index (χ0n) is 10.5. The van der Waals surface area contributed by atoms with E-state index in [0.717, 1.165) is 25.7 Å². The van der Waals surface area contributed by atoms with E-state index in [0.29, 0.717) is 5.56 Å². The summed E-state index contributed by atoms with van der Waals surface area (Å²) in [7, 11) is 0. The number of rotatable bonds is 4. The van der Waals surface area contributed by atoms with Gasteiger partial charge in [-0.1, -0.05) is 31.0 Å². The van der Waals surface area contributed by atoms with Gasteiger partial charge in [-0.25, -0.2) is 10.2 Å². The Kier molecular flexibility index (Phi) is 4.28. The third-order valence-corrected chi connectivity index (χ3v) is 3.30. The Morgan fingerprint density at radius 1 is 1.26 bits per heavy atom. The third-order valence-electron chi connectivity index (χ3n) is 3.30. The molecule has 0 aliphatic heterocycles. The van der Waals surface area contributed by atoms with Gasteiger partial charge in [-0.05, 0) is 18.9 Å². The molecule has 0 radical (unpaired) electrons. The van der Waals surface area contributed by atoms with Crippen molar-refractivity contribution in [1.82, 2.24) is 5.43 Å². The maximum absolute atomic E-state index is 11.7.